The van der Waals surface area contributed by atoms with Gasteiger partial charge < -0.3 is 10.1 Å². The van der Waals surface area contributed by atoms with Crippen LogP contribution in [0.15, 0.2) is 59.5 Å². The summed E-state index contributed by atoms with van der Waals surface area (Å²) >= 11 is 0. The van der Waals surface area contributed by atoms with Gasteiger partial charge in [-0.15, -0.1) is 0 Å². The summed E-state index contributed by atoms with van der Waals surface area (Å²) < 4.78 is 32.3. The van der Waals surface area contributed by atoms with Crippen molar-refractivity contribution in [1.82, 2.24) is 10.0 Å². The molecule has 0 saturated carbocycles. The molecule has 0 aromatic heterocycles. The lowest BCUT2D eigenvalue weighted by molar-refractivity contribution is -0.147. The van der Waals surface area contributed by atoms with Crippen LogP contribution < -0.4 is 10.0 Å². The molecule has 0 radical (unpaired) electrons. The number of hydrogen-bond donors (Lipinski definition) is 2. The van der Waals surface area contributed by atoms with E-state index in [1.54, 1.807) is 20.8 Å². The lowest BCUT2D eigenvalue weighted by atomic mass is 9.99. The summed E-state index contributed by atoms with van der Waals surface area (Å²) in [5.41, 5.74) is 1.15. The lowest BCUT2D eigenvalue weighted by Gasteiger charge is -2.17. The molecule has 162 valence electrons. The molecule has 0 heterocycles. The third-order valence-corrected chi connectivity index (χ3v) is 5.91. The first-order valence-electron chi connectivity index (χ1n) is 9.84. The first-order valence-corrected chi connectivity index (χ1v) is 11.3. The van der Waals surface area contributed by atoms with Crippen LogP contribution in [-0.4, -0.2) is 39.5 Å². The highest BCUT2D eigenvalue weighted by atomic mass is 32.2. The Morgan fingerprint density at radius 1 is 1.03 bits per heavy atom. The fourth-order valence-corrected chi connectivity index (χ4v) is 4.19. The predicted molar refractivity (Wildman–Crippen MR) is 115 cm³/mol. The van der Waals surface area contributed by atoms with Crippen molar-refractivity contribution in [1.29, 1.82) is 0 Å². The second-order valence-electron chi connectivity index (χ2n) is 7.15. The Morgan fingerprint density at radius 3 is 2.37 bits per heavy atom. The van der Waals surface area contributed by atoms with Crippen LogP contribution in [0.2, 0.25) is 0 Å². The van der Waals surface area contributed by atoms with Gasteiger partial charge in [-0.05, 0) is 51.0 Å². The minimum Gasteiger partial charge on any atom is -0.466 e. The Morgan fingerprint density at radius 2 is 1.73 bits per heavy atom. The molecule has 2 aromatic carbocycles. The molecule has 1 unspecified atom stereocenters. The average Bonchev–Trinajstić information content (AvgIpc) is 2.71. The highest BCUT2D eigenvalue weighted by Crippen LogP contribution is 2.14. The molecule has 1 amide bonds. The largest absolute Gasteiger partial charge is 0.466 e. The van der Waals surface area contributed by atoms with E-state index in [1.807, 2.05) is 30.3 Å². The van der Waals surface area contributed by atoms with Crippen molar-refractivity contribution >= 4 is 21.9 Å². The monoisotopic (exact) mass is 432 g/mol. The van der Waals surface area contributed by atoms with Crippen LogP contribution in [0.3, 0.4) is 0 Å². The van der Waals surface area contributed by atoms with Gasteiger partial charge in [-0.3, -0.25) is 9.59 Å². The summed E-state index contributed by atoms with van der Waals surface area (Å²) in [6, 6.07) is 15.0. The molecule has 0 saturated heterocycles. The molecule has 2 N–H and O–H groups in total. The number of carbonyl (C=O) groups excluding carboxylic acids is 2. The Kier molecular flexibility index (Phi) is 8.56. The number of nitrogens with one attached hydrogen (secondary N) is 2. The number of benzene rings is 2. The molecule has 8 heteroatoms. The van der Waals surface area contributed by atoms with Crippen LogP contribution in [0.25, 0.3) is 0 Å². The highest BCUT2D eigenvalue weighted by molar-refractivity contribution is 7.89. The zero-order valence-corrected chi connectivity index (χ0v) is 18.2. The second kappa shape index (κ2) is 10.9. The van der Waals surface area contributed by atoms with Crippen LogP contribution in [0, 0.1) is 5.92 Å². The zero-order valence-electron chi connectivity index (χ0n) is 17.4. The molecule has 30 heavy (non-hydrogen) atoms. The number of ether oxygens (including phenoxy) is 1. The number of amides is 1. The number of sulfonamides is 1. The summed E-state index contributed by atoms with van der Waals surface area (Å²) in [6.07, 6.45) is 0.423. The summed E-state index contributed by atoms with van der Waals surface area (Å²) in [4.78, 5) is 24.9. The maximum absolute atomic E-state index is 12.6. The molecular weight excluding hydrogens is 404 g/mol. The van der Waals surface area contributed by atoms with E-state index in [9.17, 15) is 18.0 Å². The van der Waals surface area contributed by atoms with E-state index in [0.29, 0.717) is 6.42 Å². The van der Waals surface area contributed by atoms with Crippen LogP contribution in [-0.2, 0) is 26.0 Å². The van der Waals surface area contributed by atoms with Crippen LogP contribution in [0.4, 0.5) is 0 Å². The van der Waals surface area contributed by atoms with Gasteiger partial charge in [0.2, 0.25) is 10.0 Å². The van der Waals surface area contributed by atoms with Crippen molar-refractivity contribution in [2.75, 3.05) is 13.2 Å². The summed E-state index contributed by atoms with van der Waals surface area (Å²) in [7, 11) is -3.71. The van der Waals surface area contributed by atoms with Gasteiger partial charge in [-0.25, -0.2) is 13.1 Å². The molecule has 1 atom stereocenters. The van der Waals surface area contributed by atoms with Crippen LogP contribution in [0.1, 0.15) is 36.7 Å². The summed E-state index contributed by atoms with van der Waals surface area (Å²) in [6.45, 7) is 5.49. The molecule has 0 bridgehead atoms. The van der Waals surface area contributed by atoms with Crippen molar-refractivity contribution in [3.05, 3.63) is 65.7 Å². The third kappa shape index (κ3) is 6.96. The predicted octanol–water partition coefficient (Wildman–Crippen LogP) is 2.53. The molecule has 2 aromatic rings. The summed E-state index contributed by atoms with van der Waals surface area (Å²) in [5.74, 6) is -1.40. The minimum absolute atomic E-state index is 0.00933. The smallest absolute Gasteiger partial charge is 0.311 e. The zero-order chi connectivity index (χ0) is 22.1. The average molecular weight is 433 g/mol. The molecular formula is C22H28N2O5S. The molecule has 0 fully saturated rings. The molecule has 0 spiro atoms. The number of hydrogen-bond acceptors (Lipinski definition) is 5. The lowest BCUT2D eigenvalue weighted by Crippen LogP contribution is -2.35. The van der Waals surface area contributed by atoms with Crippen LogP contribution >= 0.6 is 0 Å². The van der Waals surface area contributed by atoms with Crippen molar-refractivity contribution in [2.24, 2.45) is 5.92 Å². The van der Waals surface area contributed by atoms with Gasteiger partial charge in [0.25, 0.3) is 5.91 Å². The van der Waals surface area contributed by atoms with E-state index in [2.05, 4.69) is 10.0 Å². The van der Waals surface area contributed by atoms with E-state index in [1.165, 1.54) is 24.3 Å². The highest BCUT2D eigenvalue weighted by Gasteiger charge is 2.22. The molecule has 7 nitrogen and oxygen atoms in total. The molecule has 0 aliphatic rings. The number of rotatable bonds is 10. The minimum atomic E-state index is -3.71. The van der Waals surface area contributed by atoms with Gasteiger partial charge in [0.15, 0.2) is 0 Å². The molecule has 0 aliphatic heterocycles. The maximum Gasteiger partial charge on any atom is 0.311 e. The fourth-order valence-electron chi connectivity index (χ4n) is 2.90. The fraction of sp³-hybridized carbons (Fsp3) is 0.364. The van der Waals surface area contributed by atoms with E-state index in [-0.39, 0.29) is 35.6 Å². The summed E-state index contributed by atoms with van der Waals surface area (Å²) in [5, 5.41) is 2.72. The Bertz CT molecular complexity index is 959. The van der Waals surface area contributed by atoms with E-state index in [4.69, 9.17) is 4.74 Å². The SMILES string of the molecule is CCOC(=O)C(CNC(=O)c1cccc(S(=O)(=O)NC(C)C)c1)Cc1ccccc1. The Labute approximate surface area is 177 Å². The van der Waals surface area contributed by atoms with Crippen molar-refractivity contribution < 1.29 is 22.7 Å². The standard InChI is InChI=1S/C22H28N2O5S/c1-4-29-22(26)19(13-17-9-6-5-7-10-17)15-23-21(25)18-11-8-12-20(14-18)30(27,28)24-16(2)3/h5-12,14,16,19,24H,4,13,15H2,1-3H3,(H,23,25). The Balaban J connectivity index is 2.11. The topological polar surface area (TPSA) is 102 Å². The van der Waals surface area contributed by atoms with Crippen molar-refractivity contribution in [3.63, 3.8) is 0 Å². The van der Waals surface area contributed by atoms with Gasteiger partial charge in [0, 0.05) is 18.2 Å². The molecule has 2 rings (SSSR count). The Hall–Kier alpha value is -2.71. The normalized spacial score (nSPS) is 12.4. The number of esters is 1. The molecule has 0 aliphatic carbocycles. The first-order chi connectivity index (χ1) is 14.2. The van der Waals surface area contributed by atoms with Crippen molar-refractivity contribution in [2.45, 2.75) is 38.1 Å². The third-order valence-electron chi connectivity index (χ3n) is 4.25. The quantitative estimate of drug-likeness (QED) is 0.562. The second-order valence-corrected chi connectivity index (χ2v) is 8.87. The first kappa shape index (κ1) is 23.6. The van der Waals surface area contributed by atoms with E-state index < -0.39 is 21.8 Å². The van der Waals surface area contributed by atoms with Crippen molar-refractivity contribution in [3.8, 4) is 0 Å². The van der Waals surface area contributed by atoms with Crippen LogP contribution in [0.5, 0.6) is 0 Å². The maximum atomic E-state index is 12.6. The van der Waals surface area contributed by atoms with Gasteiger partial charge in [-0.2, -0.15) is 0 Å². The van der Waals surface area contributed by atoms with Gasteiger partial charge >= 0.3 is 5.97 Å². The van der Waals surface area contributed by atoms with Gasteiger partial charge in [-0.1, -0.05) is 36.4 Å². The van der Waals surface area contributed by atoms with E-state index >= 15 is 0 Å². The number of carbonyl (C=O) groups is 2. The van der Waals surface area contributed by atoms with Gasteiger partial charge in [0.1, 0.15) is 0 Å². The van der Waals surface area contributed by atoms with E-state index in [0.717, 1.165) is 5.56 Å². The van der Waals surface area contributed by atoms with Gasteiger partial charge in [0.05, 0.1) is 17.4 Å².